The molecule has 148 valence electrons. The zero-order valence-electron chi connectivity index (χ0n) is 16.0. The van der Waals surface area contributed by atoms with E-state index >= 15 is 0 Å². The van der Waals surface area contributed by atoms with E-state index in [4.69, 9.17) is 9.26 Å². The lowest BCUT2D eigenvalue weighted by atomic mass is 10.2. The van der Waals surface area contributed by atoms with Gasteiger partial charge in [0.1, 0.15) is 17.1 Å². The summed E-state index contributed by atoms with van der Waals surface area (Å²) >= 11 is 1.51. The van der Waals surface area contributed by atoms with Gasteiger partial charge in [-0.25, -0.2) is 14.6 Å². The molecule has 0 aliphatic rings. The highest BCUT2D eigenvalue weighted by molar-refractivity contribution is 7.98. The lowest BCUT2D eigenvalue weighted by Gasteiger charge is -2.03. The monoisotopic (exact) mass is 416 g/mol. The maximum absolute atomic E-state index is 5.41. The fraction of sp³-hybridized carbons (Fsp3) is 0.0952. The second kappa shape index (κ2) is 7.96. The van der Waals surface area contributed by atoms with Crippen LogP contribution in [0.2, 0.25) is 0 Å². The molecule has 0 N–H and O–H groups in total. The van der Waals surface area contributed by atoms with Crippen LogP contribution in [0.3, 0.4) is 0 Å². The summed E-state index contributed by atoms with van der Waals surface area (Å²) in [7, 11) is 1.63. The number of hydrogen-bond donors (Lipinski definition) is 0. The van der Waals surface area contributed by atoms with Crippen LogP contribution in [0.1, 0.15) is 5.89 Å². The van der Waals surface area contributed by atoms with Crippen molar-refractivity contribution in [2.24, 2.45) is 0 Å². The molecule has 0 fully saturated rings. The van der Waals surface area contributed by atoms with Crippen LogP contribution in [0.5, 0.6) is 5.75 Å². The van der Waals surface area contributed by atoms with Crippen LogP contribution in [0.4, 0.5) is 0 Å². The molecule has 0 aliphatic carbocycles. The number of methoxy groups -OCH3 is 1. The van der Waals surface area contributed by atoms with Crippen LogP contribution in [-0.4, -0.2) is 37.0 Å². The molecule has 8 nitrogen and oxygen atoms in total. The predicted molar refractivity (Wildman–Crippen MR) is 113 cm³/mol. The Morgan fingerprint density at radius 1 is 1.03 bits per heavy atom. The largest absolute Gasteiger partial charge is 0.497 e. The highest BCUT2D eigenvalue weighted by atomic mass is 32.2. The van der Waals surface area contributed by atoms with Gasteiger partial charge in [0.05, 0.1) is 30.1 Å². The Kier molecular flexibility index (Phi) is 4.86. The van der Waals surface area contributed by atoms with Gasteiger partial charge >= 0.3 is 0 Å². The smallest absolute Gasteiger partial charge is 0.237 e. The maximum atomic E-state index is 5.41. The van der Waals surface area contributed by atoms with Crippen LogP contribution >= 0.6 is 11.8 Å². The first-order valence-corrected chi connectivity index (χ1v) is 10.1. The molecular weight excluding hydrogens is 400 g/mol. The predicted octanol–water partition coefficient (Wildman–Crippen LogP) is 4.17. The van der Waals surface area contributed by atoms with Crippen molar-refractivity contribution < 1.29 is 9.26 Å². The second-order valence-electron chi connectivity index (χ2n) is 6.34. The Hall–Kier alpha value is -3.72. The third-order valence-corrected chi connectivity index (χ3v) is 5.47. The zero-order valence-corrected chi connectivity index (χ0v) is 16.8. The average molecular weight is 416 g/mol. The molecule has 5 rings (SSSR count). The summed E-state index contributed by atoms with van der Waals surface area (Å²) in [4.78, 5) is 13.3. The molecule has 0 unspecified atom stereocenters. The lowest BCUT2D eigenvalue weighted by molar-refractivity contribution is 0.391. The molecule has 2 aromatic carbocycles. The molecule has 0 radical (unpaired) electrons. The van der Waals surface area contributed by atoms with Gasteiger partial charge in [-0.15, -0.1) is 0 Å². The van der Waals surface area contributed by atoms with Crippen molar-refractivity contribution in [3.63, 3.8) is 0 Å². The van der Waals surface area contributed by atoms with Gasteiger partial charge in [-0.3, -0.25) is 0 Å². The maximum Gasteiger partial charge on any atom is 0.237 e. The number of para-hydroxylation sites is 1. The highest BCUT2D eigenvalue weighted by Crippen LogP contribution is 2.28. The van der Waals surface area contributed by atoms with Gasteiger partial charge in [-0.2, -0.15) is 10.1 Å². The van der Waals surface area contributed by atoms with Gasteiger partial charge in [0, 0.05) is 5.56 Å². The van der Waals surface area contributed by atoms with Crippen LogP contribution in [0.25, 0.3) is 28.1 Å². The summed E-state index contributed by atoms with van der Waals surface area (Å²) in [6.07, 6.45) is 3.32. The highest BCUT2D eigenvalue weighted by Gasteiger charge is 2.14. The van der Waals surface area contributed by atoms with E-state index in [1.165, 1.54) is 11.8 Å². The molecule has 5 aromatic rings. The molecule has 0 aliphatic heterocycles. The normalized spacial score (nSPS) is 11.1. The third kappa shape index (κ3) is 3.50. The lowest BCUT2D eigenvalue weighted by Crippen LogP contribution is -1.97. The molecule has 0 amide bonds. The summed E-state index contributed by atoms with van der Waals surface area (Å²) in [5.74, 6) is 2.33. The van der Waals surface area contributed by atoms with Crippen LogP contribution in [0.15, 0.2) is 76.7 Å². The molecular formula is C21H16N6O2S. The van der Waals surface area contributed by atoms with Gasteiger partial charge in [0.25, 0.3) is 0 Å². The van der Waals surface area contributed by atoms with E-state index < -0.39 is 0 Å². The summed E-state index contributed by atoms with van der Waals surface area (Å²) in [5.41, 5.74) is 2.57. The number of hydrogen-bond acceptors (Lipinski definition) is 8. The zero-order chi connectivity index (χ0) is 20.3. The van der Waals surface area contributed by atoms with Crippen molar-refractivity contribution in [3.8, 4) is 22.8 Å². The van der Waals surface area contributed by atoms with Crippen molar-refractivity contribution in [1.82, 2.24) is 29.9 Å². The van der Waals surface area contributed by atoms with Crippen LogP contribution < -0.4 is 4.74 Å². The van der Waals surface area contributed by atoms with Gasteiger partial charge in [0.15, 0.2) is 5.65 Å². The van der Waals surface area contributed by atoms with Crippen LogP contribution in [-0.2, 0) is 5.75 Å². The molecule has 0 saturated heterocycles. The number of rotatable bonds is 6. The molecule has 0 spiro atoms. The molecule has 3 aromatic heterocycles. The minimum atomic E-state index is 0.492. The Morgan fingerprint density at radius 2 is 1.87 bits per heavy atom. The third-order valence-electron chi connectivity index (χ3n) is 4.48. The van der Waals surface area contributed by atoms with E-state index in [1.54, 1.807) is 24.3 Å². The van der Waals surface area contributed by atoms with E-state index in [0.29, 0.717) is 17.5 Å². The molecule has 3 heterocycles. The quantitative estimate of drug-likeness (QED) is 0.301. The molecule has 0 saturated carbocycles. The van der Waals surface area contributed by atoms with E-state index in [0.717, 1.165) is 33.1 Å². The summed E-state index contributed by atoms with van der Waals surface area (Å²) in [5, 5.41) is 10.2. The number of benzene rings is 2. The first-order chi connectivity index (χ1) is 14.8. The summed E-state index contributed by atoms with van der Waals surface area (Å²) in [6, 6.07) is 17.4. The number of fused-ring (bicyclic) bond motifs is 1. The van der Waals surface area contributed by atoms with Gasteiger partial charge < -0.3 is 9.26 Å². The standard InChI is InChI=1S/C21H16N6O2S/c1-28-16-9-7-14(8-10-16)19-25-18(29-26-19)12-30-21-17-11-24-27(20(17)22-13-23-21)15-5-3-2-4-6-15/h2-11,13H,12H2,1H3. The summed E-state index contributed by atoms with van der Waals surface area (Å²) in [6.45, 7) is 0. The topological polar surface area (TPSA) is 91.8 Å². The fourth-order valence-corrected chi connectivity index (χ4v) is 3.80. The Balaban J connectivity index is 1.36. The van der Waals surface area contributed by atoms with Crippen molar-refractivity contribution in [1.29, 1.82) is 0 Å². The van der Waals surface area contributed by atoms with E-state index in [1.807, 2.05) is 54.6 Å². The van der Waals surface area contributed by atoms with E-state index in [9.17, 15) is 0 Å². The van der Waals surface area contributed by atoms with E-state index in [-0.39, 0.29) is 0 Å². The Morgan fingerprint density at radius 3 is 2.67 bits per heavy atom. The second-order valence-corrected chi connectivity index (χ2v) is 7.30. The first kappa shape index (κ1) is 18.3. The van der Waals surface area contributed by atoms with Gasteiger partial charge in [-0.05, 0) is 36.4 Å². The van der Waals surface area contributed by atoms with Crippen molar-refractivity contribution in [2.75, 3.05) is 7.11 Å². The minimum Gasteiger partial charge on any atom is -0.497 e. The van der Waals surface area contributed by atoms with Crippen molar-refractivity contribution in [2.45, 2.75) is 10.8 Å². The molecule has 30 heavy (non-hydrogen) atoms. The van der Waals surface area contributed by atoms with E-state index in [2.05, 4.69) is 25.2 Å². The summed E-state index contributed by atoms with van der Waals surface area (Å²) < 4.78 is 12.4. The molecule has 0 atom stereocenters. The van der Waals surface area contributed by atoms with Crippen molar-refractivity contribution >= 4 is 22.8 Å². The first-order valence-electron chi connectivity index (χ1n) is 9.16. The SMILES string of the molecule is COc1ccc(-c2noc(CSc3ncnc4c3cnn4-c3ccccc3)n2)cc1. The Bertz CT molecular complexity index is 1280. The fourth-order valence-electron chi connectivity index (χ4n) is 3.00. The van der Waals surface area contributed by atoms with Gasteiger partial charge in [0.2, 0.25) is 11.7 Å². The van der Waals surface area contributed by atoms with Crippen molar-refractivity contribution in [3.05, 3.63) is 73.0 Å². The molecule has 0 bridgehead atoms. The van der Waals surface area contributed by atoms with Gasteiger partial charge in [-0.1, -0.05) is 35.1 Å². The Labute approximate surface area is 175 Å². The number of thioether (sulfide) groups is 1. The minimum absolute atomic E-state index is 0.492. The average Bonchev–Trinajstić information content (AvgIpc) is 3.46. The number of nitrogens with zero attached hydrogens (tertiary/aromatic N) is 6. The number of ether oxygens (including phenoxy) is 1. The number of aromatic nitrogens is 6. The van der Waals surface area contributed by atoms with Crippen LogP contribution in [0, 0.1) is 0 Å². The molecule has 9 heteroatoms.